The Morgan fingerprint density at radius 2 is 1.73 bits per heavy atom. The second kappa shape index (κ2) is 4.25. The largest absolute Gasteiger partial charge is 0.418 e. The molecule has 84 valence electrons. The molecule has 0 aliphatic rings. The zero-order chi connectivity index (χ0) is 11.8. The number of rotatable bonds is 1. The highest BCUT2D eigenvalue weighted by molar-refractivity contribution is 9.10. The van der Waals surface area contributed by atoms with Crippen LogP contribution in [0.1, 0.15) is 17.6 Å². The van der Waals surface area contributed by atoms with E-state index in [4.69, 9.17) is 11.6 Å². The van der Waals surface area contributed by atoms with E-state index in [0.717, 1.165) is 12.1 Å². The lowest BCUT2D eigenvalue weighted by atomic mass is 10.1. The number of alkyl halides is 5. The number of halogens is 7. The van der Waals surface area contributed by atoms with Gasteiger partial charge in [-0.05, 0) is 6.07 Å². The van der Waals surface area contributed by atoms with Gasteiger partial charge >= 0.3 is 6.18 Å². The molecule has 0 N–H and O–H groups in total. The van der Waals surface area contributed by atoms with E-state index < -0.39 is 28.8 Å². The molecule has 1 aromatic carbocycles. The lowest BCUT2D eigenvalue weighted by molar-refractivity contribution is -0.138. The van der Waals surface area contributed by atoms with E-state index in [1.54, 1.807) is 0 Å². The van der Waals surface area contributed by atoms with Gasteiger partial charge in [-0.25, -0.2) is 8.78 Å². The maximum atomic E-state index is 12.4. The Hall–Kier alpha value is -0.360. The minimum Gasteiger partial charge on any atom is -0.205 e. The molecule has 0 amide bonds. The molecule has 0 unspecified atom stereocenters. The topological polar surface area (TPSA) is 0 Å². The minimum atomic E-state index is -4.76. The van der Waals surface area contributed by atoms with Gasteiger partial charge in [-0.2, -0.15) is 13.2 Å². The third kappa shape index (κ3) is 2.60. The van der Waals surface area contributed by atoms with Crippen molar-refractivity contribution in [1.82, 2.24) is 0 Å². The van der Waals surface area contributed by atoms with Gasteiger partial charge in [0.15, 0.2) is 0 Å². The smallest absolute Gasteiger partial charge is 0.205 e. The molecule has 0 nitrogen and oxygen atoms in total. The third-order valence-corrected chi connectivity index (χ3v) is 2.71. The molecule has 0 spiro atoms. The van der Waals surface area contributed by atoms with Crippen molar-refractivity contribution in [2.45, 2.75) is 12.6 Å². The first kappa shape index (κ1) is 12.7. The summed E-state index contributed by atoms with van der Waals surface area (Å²) in [6.07, 6.45) is -7.80. The molecular formula is C8H3BrClF5. The van der Waals surface area contributed by atoms with Crippen LogP contribution in [0.5, 0.6) is 0 Å². The Morgan fingerprint density at radius 1 is 1.20 bits per heavy atom. The second-order valence-corrected chi connectivity index (χ2v) is 3.86. The van der Waals surface area contributed by atoms with Crippen LogP contribution in [0.3, 0.4) is 0 Å². The fraction of sp³-hybridized carbons (Fsp3) is 0.250. The summed E-state index contributed by atoms with van der Waals surface area (Å²) in [6, 6.07) is 1.75. The van der Waals surface area contributed by atoms with E-state index in [-0.39, 0.29) is 4.47 Å². The number of hydrogen-bond donors (Lipinski definition) is 0. The lowest BCUT2D eigenvalue weighted by Crippen LogP contribution is -2.08. The Bertz CT molecular complexity index is 374. The van der Waals surface area contributed by atoms with E-state index in [1.165, 1.54) is 0 Å². The standard InChI is InChI=1S/C8H3BrClF5/c9-4-2-1-3(7(11)12)6(10)5(4)8(13,14)15/h1-2,7H. The average molecular weight is 309 g/mol. The predicted molar refractivity (Wildman–Crippen MR) is 49.1 cm³/mol. The monoisotopic (exact) mass is 308 g/mol. The summed E-state index contributed by atoms with van der Waals surface area (Å²) in [4.78, 5) is 0. The first-order valence-electron chi connectivity index (χ1n) is 3.58. The van der Waals surface area contributed by atoms with E-state index in [9.17, 15) is 22.0 Å². The maximum absolute atomic E-state index is 12.4. The van der Waals surface area contributed by atoms with E-state index in [1.807, 2.05) is 0 Å². The summed E-state index contributed by atoms with van der Waals surface area (Å²) in [5.74, 6) is 0. The van der Waals surface area contributed by atoms with Crippen LogP contribution in [0.25, 0.3) is 0 Å². The molecule has 0 aliphatic carbocycles. The van der Waals surface area contributed by atoms with Gasteiger partial charge in [0.1, 0.15) is 0 Å². The molecular weight excluding hydrogens is 306 g/mol. The second-order valence-electron chi connectivity index (χ2n) is 2.62. The van der Waals surface area contributed by atoms with Crippen molar-refractivity contribution in [3.05, 3.63) is 32.8 Å². The summed E-state index contributed by atoms with van der Waals surface area (Å²) in [6.45, 7) is 0. The summed E-state index contributed by atoms with van der Waals surface area (Å²) in [5, 5.41) is -0.966. The van der Waals surface area contributed by atoms with Crippen molar-refractivity contribution in [2.24, 2.45) is 0 Å². The molecule has 15 heavy (non-hydrogen) atoms. The van der Waals surface area contributed by atoms with Crippen molar-refractivity contribution in [2.75, 3.05) is 0 Å². The van der Waals surface area contributed by atoms with Crippen LogP contribution in [0.2, 0.25) is 5.02 Å². The Kier molecular flexibility index (Phi) is 3.60. The molecule has 0 heterocycles. The predicted octanol–water partition coefficient (Wildman–Crippen LogP) is 5.06. The van der Waals surface area contributed by atoms with Crippen LogP contribution in [-0.4, -0.2) is 0 Å². The normalized spacial score (nSPS) is 12.3. The summed E-state index contributed by atoms with van der Waals surface area (Å²) in [7, 11) is 0. The van der Waals surface area contributed by atoms with Crippen LogP contribution in [0, 0.1) is 0 Å². The molecule has 0 saturated heterocycles. The third-order valence-electron chi connectivity index (χ3n) is 1.64. The zero-order valence-electron chi connectivity index (χ0n) is 6.88. The molecule has 0 bridgehead atoms. The molecule has 0 saturated carbocycles. The molecule has 1 rings (SSSR count). The van der Waals surface area contributed by atoms with Gasteiger partial charge in [0.05, 0.1) is 10.6 Å². The van der Waals surface area contributed by atoms with Gasteiger partial charge in [-0.1, -0.05) is 33.6 Å². The summed E-state index contributed by atoms with van der Waals surface area (Å²) in [5.41, 5.74) is -2.10. The van der Waals surface area contributed by atoms with Crippen molar-refractivity contribution < 1.29 is 22.0 Å². The summed E-state index contributed by atoms with van der Waals surface area (Å²) < 4.78 is 61.3. The van der Waals surface area contributed by atoms with Gasteiger partial charge in [0.25, 0.3) is 6.43 Å². The molecule has 0 radical (unpaired) electrons. The average Bonchev–Trinajstić information content (AvgIpc) is 2.00. The molecule has 0 aliphatic heterocycles. The van der Waals surface area contributed by atoms with Gasteiger partial charge in [0, 0.05) is 10.0 Å². The van der Waals surface area contributed by atoms with Gasteiger partial charge in [-0.3, -0.25) is 0 Å². The molecule has 0 atom stereocenters. The first-order valence-corrected chi connectivity index (χ1v) is 4.75. The van der Waals surface area contributed by atoms with Crippen LogP contribution in [0.4, 0.5) is 22.0 Å². The molecule has 1 aromatic rings. The highest BCUT2D eigenvalue weighted by Crippen LogP contribution is 2.43. The van der Waals surface area contributed by atoms with E-state index >= 15 is 0 Å². The summed E-state index contributed by atoms with van der Waals surface area (Å²) >= 11 is 7.88. The van der Waals surface area contributed by atoms with E-state index in [2.05, 4.69) is 15.9 Å². The van der Waals surface area contributed by atoms with Crippen molar-refractivity contribution >= 4 is 27.5 Å². The van der Waals surface area contributed by atoms with E-state index in [0.29, 0.717) is 0 Å². The molecule has 7 heteroatoms. The van der Waals surface area contributed by atoms with Crippen LogP contribution >= 0.6 is 27.5 Å². The molecule has 0 aromatic heterocycles. The highest BCUT2D eigenvalue weighted by Gasteiger charge is 2.37. The minimum absolute atomic E-state index is 0.357. The fourth-order valence-electron chi connectivity index (χ4n) is 0.997. The van der Waals surface area contributed by atoms with Crippen LogP contribution in [-0.2, 0) is 6.18 Å². The van der Waals surface area contributed by atoms with Crippen LogP contribution < -0.4 is 0 Å². The maximum Gasteiger partial charge on any atom is 0.418 e. The number of benzene rings is 1. The van der Waals surface area contributed by atoms with Gasteiger partial charge in [-0.15, -0.1) is 0 Å². The van der Waals surface area contributed by atoms with Gasteiger partial charge < -0.3 is 0 Å². The zero-order valence-corrected chi connectivity index (χ0v) is 9.22. The lowest BCUT2D eigenvalue weighted by Gasteiger charge is -2.13. The van der Waals surface area contributed by atoms with Crippen molar-refractivity contribution in [1.29, 1.82) is 0 Å². The van der Waals surface area contributed by atoms with Crippen LogP contribution in [0.15, 0.2) is 16.6 Å². The fourth-order valence-corrected chi connectivity index (χ4v) is 2.02. The Balaban J connectivity index is 3.44. The SMILES string of the molecule is FC(F)c1ccc(Br)c(C(F)(F)F)c1Cl. The van der Waals surface area contributed by atoms with Crippen molar-refractivity contribution in [3.63, 3.8) is 0 Å². The Labute approximate surface area is 95.2 Å². The van der Waals surface area contributed by atoms with Crippen molar-refractivity contribution in [3.8, 4) is 0 Å². The Morgan fingerprint density at radius 3 is 2.13 bits per heavy atom. The number of hydrogen-bond acceptors (Lipinski definition) is 0. The molecule has 0 fully saturated rings. The quantitative estimate of drug-likeness (QED) is 0.636. The first-order chi connectivity index (χ1) is 6.75. The highest BCUT2D eigenvalue weighted by atomic mass is 79.9. The van der Waals surface area contributed by atoms with Gasteiger partial charge in [0.2, 0.25) is 0 Å².